The van der Waals surface area contributed by atoms with Crippen molar-refractivity contribution in [2.75, 3.05) is 4.90 Å². The molecule has 0 spiro atoms. The highest BCUT2D eigenvalue weighted by molar-refractivity contribution is 7.25. The lowest BCUT2D eigenvalue weighted by molar-refractivity contribution is 1.29. The Kier molecular flexibility index (Phi) is 8.99. The van der Waals surface area contributed by atoms with E-state index >= 15 is 0 Å². The van der Waals surface area contributed by atoms with Crippen LogP contribution in [0.1, 0.15) is 6.92 Å². The van der Waals surface area contributed by atoms with Crippen molar-refractivity contribution in [1.82, 2.24) is 0 Å². The maximum absolute atomic E-state index is 3.46. The van der Waals surface area contributed by atoms with Gasteiger partial charge in [-0.2, -0.15) is 0 Å². The number of rotatable bonds is 6. The minimum Gasteiger partial charge on any atom is -0.310 e. The zero-order valence-corrected chi connectivity index (χ0v) is 29.4. The third-order valence-electron chi connectivity index (χ3n) is 9.39. The van der Waals surface area contributed by atoms with Gasteiger partial charge in [0, 0.05) is 37.2 Å². The van der Waals surface area contributed by atoms with Crippen LogP contribution >= 0.6 is 11.3 Å². The highest BCUT2D eigenvalue weighted by atomic mass is 32.1. The molecule has 0 unspecified atom stereocenters. The average molecular weight is 672 g/mol. The molecule has 0 aliphatic carbocycles. The van der Waals surface area contributed by atoms with Gasteiger partial charge < -0.3 is 4.90 Å². The monoisotopic (exact) mass is 671 g/mol. The van der Waals surface area contributed by atoms with Crippen LogP contribution in [0.4, 0.5) is 17.1 Å². The van der Waals surface area contributed by atoms with Crippen molar-refractivity contribution in [3.8, 4) is 22.3 Å². The molecule has 0 saturated heterocycles. The summed E-state index contributed by atoms with van der Waals surface area (Å²) in [6.45, 7) is 5.42. The fraction of sp³-hybridized carbons (Fsp3) is 0.0204. The summed E-state index contributed by atoms with van der Waals surface area (Å²) >= 11 is 1.87. The first-order valence-corrected chi connectivity index (χ1v) is 18.1. The second-order valence-corrected chi connectivity index (χ2v) is 13.6. The molecule has 0 atom stereocenters. The van der Waals surface area contributed by atoms with Crippen molar-refractivity contribution in [3.63, 3.8) is 0 Å². The first kappa shape index (κ1) is 32.0. The molecule has 244 valence electrons. The largest absolute Gasteiger partial charge is 0.310 e. The van der Waals surface area contributed by atoms with E-state index in [0.29, 0.717) is 0 Å². The Morgan fingerprint density at radius 1 is 0.431 bits per heavy atom. The van der Waals surface area contributed by atoms with Crippen LogP contribution in [0.2, 0.25) is 0 Å². The zero-order valence-electron chi connectivity index (χ0n) is 28.5. The molecule has 1 aromatic heterocycles. The van der Waals surface area contributed by atoms with E-state index in [1.807, 2.05) is 30.4 Å². The summed E-state index contributed by atoms with van der Waals surface area (Å²) in [5, 5.41) is 7.71. The van der Waals surface area contributed by atoms with E-state index in [-0.39, 0.29) is 0 Å². The number of hydrogen-bond acceptors (Lipinski definition) is 2. The quantitative estimate of drug-likeness (QED) is 0.126. The predicted molar refractivity (Wildman–Crippen MR) is 225 cm³/mol. The highest BCUT2D eigenvalue weighted by Crippen LogP contribution is 2.40. The van der Waals surface area contributed by atoms with E-state index in [0.717, 1.165) is 17.1 Å². The summed E-state index contributed by atoms with van der Waals surface area (Å²) < 4.78 is 2.66. The van der Waals surface area contributed by atoms with Crippen molar-refractivity contribution >= 4 is 70.1 Å². The molecule has 0 amide bonds. The minimum absolute atomic E-state index is 1.12. The van der Waals surface area contributed by atoms with E-state index in [4.69, 9.17) is 0 Å². The van der Waals surface area contributed by atoms with Gasteiger partial charge in [0.15, 0.2) is 0 Å². The van der Waals surface area contributed by atoms with E-state index < -0.39 is 0 Å². The van der Waals surface area contributed by atoms with Crippen molar-refractivity contribution in [3.05, 3.63) is 201 Å². The summed E-state index contributed by atoms with van der Waals surface area (Å²) in [6, 6.07) is 64.0. The molecule has 0 aliphatic rings. The van der Waals surface area contributed by atoms with Crippen LogP contribution in [0.3, 0.4) is 0 Å². The van der Waals surface area contributed by atoms with E-state index in [9.17, 15) is 0 Å². The van der Waals surface area contributed by atoms with Gasteiger partial charge in [0.2, 0.25) is 0 Å². The van der Waals surface area contributed by atoms with Gasteiger partial charge in [0.25, 0.3) is 0 Å². The zero-order chi connectivity index (χ0) is 34.6. The van der Waals surface area contributed by atoms with Crippen molar-refractivity contribution < 1.29 is 0 Å². The van der Waals surface area contributed by atoms with Crippen LogP contribution in [0.5, 0.6) is 0 Å². The second kappa shape index (κ2) is 14.3. The van der Waals surface area contributed by atoms with Gasteiger partial charge in [-0.3, -0.25) is 0 Å². The number of hydrogen-bond donors (Lipinski definition) is 0. The Bertz CT molecular complexity index is 2650. The molecule has 0 saturated carbocycles. The van der Waals surface area contributed by atoms with E-state index in [2.05, 4.69) is 187 Å². The maximum atomic E-state index is 3.46. The molecule has 51 heavy (non-hydrogen) atoms. The lowest BCUT2D eigenvalue weighted by Crippen LogP contribution is -2.09. The number of thiophene rings is 1. The Labute approximate surface area is 303 Å². The van der Waals surface area contributed by atoms with Crippen LogP contribution in [0.25, 0.3) is 64.0 Å². The van der Waals surface area contributed by atoms with Crippen LogP contribution < -0.4 is 4.90 Å². The normalized spacial score (nSPS) is 11.2. The lowest BCUT2D eigenvalue weighted by atomic mass is 10.0. The Morgan fingerprint density at radius 3 is 1.67 bits per heavy atom. The maximum Gasteiger partial charge on any atom is 0.0468 e. The van der Waals surface area contributed by atoms with Gasteiger partial charge in [-0.05, 0) is 99.3 Å². The molecule has 8 aromatic carbocycles. The van der Waals surface area contributed by atoms with E-state index in [1.54, 1.807) is 6.08 Å². The summed E-state index contributed by atoms with van der Waals surface area (Å²) in [5.41, 5.74) is 8.27. The molecular formula is C49H37NS. The number of fused-ring (bicyclic) bond motifs is 6. The first-order chi connectivity index (χ1) is 25.2. The van der Waals surface area contributed by atoms with Crippen LogP contribution in [-0.4, -0.2) is 0 Å². The Balaban J connectivity index is 0.000000702. The lowest BCUT2D eigenvalue weighted by Gasteiger charge is -2.26. The Hall–Kier alpha value is -6.22. The highest BCUT2D eigenvalue weighted by Gasteiger charge is 2.15. The molecule has 2 heteroatoms. The third kappa shape index (κ3) is 6.46. The molecule has 9 rings (SSSR count). The molecule has 0 aliphatic heterocycles. The number of benzene rings is 8. The van der Waals surface area contributed by atoms with Gasteiger partial charge in [0.05, 0.1) is 0 Å². The fourth-order valence-corrected chi connectivity index (χ4v) is 8.01. The molecule has 9 aromatic rings. The van der Waals surface area contributed by atoms with Crippen molar-refractivity contribution in [2.45, 2.75) is 6.92 Å². The fourth-order valence-electron chi connectivity index (χ4n) is 6.86. The second-order valence-electron chi connectivity index (χ2n) is 12.6. The molecule has 0 radical (unpaired) electrons. The smallest absolute Gasteiger partial charge is 0.0468 e. The Morgan fingerprint density at radius 2 is 0.961 bits per heavy atom. The summed E-state index contributed by atoms with van der Waals surface area (Å²) in [7, 11) is 0. The third-order valence-corrected chi connectivity index (χ3v) is 10.5. The topological polar surface area (TPSA) is 3.24 Å². The summed E-state index contributed by atoms with van der Waals surface area (Å²) in [5.74, 6) is 0. The first-order valence-electron chi connectivity index (χ1n) is 17.3. The molecule has 1 heterocycles. The van der Waals surface area contributed by atoms with Crippen molar-refractivity contribution in [1.29, 1.82) is 0 Å². The van der Waals surface area contributed by atoms with Crippen LogP contribution in [0.15, 0.2) is 201 Å². The molecule has 0 bridgehead atoms. The van der Waals surface area contributed by atoms with Gasteiger partial charge in [0.1, 0.15) is 0 Å². The molecule has 0 fully saturated rings. The van der Waals surface area contributed by atoms with Crippen LogP contribution in [0, 0.1) is 0 Å². The van der Waals surface area contributed by atoms with Gasteiger partial charge in [-0.15, -0.1) is 11.3 Å². The SMILES string of the molecule is C=C/C=C\C.c1ccc(-c2ccc(N(c3ccc(-c4ccc5c(c4)sc4ccccc45)cc3)c3ccc4c(ccc5ccccc54)c3)cc2)cc1. The standard InChI is InChI=1S/C44H29NS.C5H8/c1-2-8-30(9-3-1)31-16-21-36(22-17-31)45(38-25-27-40-35(28-38)15-14-33-10-4-5-11-39(33)40)37-23-18-32(19-24-37)34-20-26-42-41-12-6-7-13-43(41)46-44(42)29-34;1-3-5-4-2/h1-29H;3-5H,1H2,2H3/b;5-4-. The number of allylic oxidation sites excluding steroid dienone is 3. The molecular weight excluding hydrogens is 635 g/mol. The minimum atomic E-state index is 1.12. The number of nitrogens with zero attached hydrogens (tertiary/aromatic N) is 1. The number of anilines is 3. The summed E-state index contributed by atoms with van der Waals surface area (Å²) in [6.07, 6.45) is 5.58. The van der Waals surface area contributed by atoms with Gasteiger partial charge in [-0.1, -0.05) is 152 Å². The predicted octanol–water partition coefficient (Wildman–Crippen LogP) is 14.9. The summed E-state index contributed by atoms with van der Waals surface area (Å²) in [4.78, 5) is 2.36. The average Bonchev–Trinajstić information content (AvgIpc) is 3.57. The molecule has 0 N–H and O–H groups in total. The van der Waals surface area contributed by atoms with Gasteiger partial charge in [-0.25, -0.2) is 0 Å². The van der Waals surface area contributed by atoms with Crippen LogP contribution in [-0.2, 0) is 0 Å². The van der Waals surface area contributed by atoms with Crippen molar-refractivity contribution in [2.24, 2.45) is 0 Å². The molecule has 1 nitrogen and oxygen atoms in total. The van der Waals surface area contributed by atoms with E-state index in [1.165, 1.54) is 64.0 Å². The van der Waals surface area contributed by atoms with Gasteiger partial charge >= 0.3 is 0 Å².